The molecule has 0 fully saturated rings. The van der Waals surface area contributed by atoms with Crippen molar-refractivity contribution in [1.29, 1.82) is 0 Å². The lowest BCUT2D eigenvalue weighted by atomic mass is 10.0. The number of carboxylic acid groups (broad SMARTS) is 1. The van der Waals surface area contributed by atoms with Gasteiger partial charge < -0.3 is 5.11 Å². The zero-order chi connectivity index (χ0) is 16.2. The molecular formula is C19H19ClO2S. The van der Waals surface area contributed by atoms with Gasteiger partial charge in [-0.25, -0.2) is 4.79 Å². The molecule has 2 aromatic carbocycles. The minimum atomic E-state index is -0.888. The molecule has 0 bridgehead atoms. The van der Waals surface area contributed by atoms with Crippen molar-refractivity contribution in [3.8, 4) is 0 Å². The summed E-state index contributed by atoms with van der Waals surface area (Å²) in [6.45, 7) is 0. The van der Waals surface area contributed by atoms with Crippen molar-refractivity contribution >= 4 is 29.3 Å². The average Bonchev–Trinajstić information content (AvgIpc) is 2.80. The topological polar surface area (TPSA) is 37.3 Å². The van der Waals surface area contributed by atoms with E-state index < -0.39 is 5.97 Å². The lowest BCUT2D eigenvalue weighted by molar-refractivity contribution is 0.0697. The third-order valence-electron chi connectivity index (χ3n) is 4.27. The molecule has 3 rings (SSSR count). The first-order chi connectivity index (χ1) is 11.1. The second-order valence-corrected chi connectivity index (χ2v) is 7.26. The summed E-state index contributed by atoms with van der Waals surface area (Å²) in [5.41, 5.74) is 4.30. The van der Waals surface area contributed by atoms with E-state index in [9.17, 15) is 4.79 Å². The lowest BCUT2D eigenvalue weighted by Gasteiger charge is -2.14. The number of rotatable bonds is 4. The maximum absolute atomic E-state index is 10.9. The van der Waals surface area contributed by atoms with Crippen molar-refractivity contribution in [2.45, 2.75) is 42.8 Å². The monoisotopic (exact) mass is 346 g/mol. The van der Waals surface area contributed by atoms with E-state index in [0.29, 0.717) is 5.56 Å². The molecule has 0 saturated carbocycles. The Bertz CT molecular complexity index is 710. The molecule has 120 valence electrons. The predicted octanol–water partition coefficient (Wildman–Crippen LogP) is 5.60. The average molecular weight is 347 g/mol. The number of carbonyl (C=O) groups is 1. The maximum Gasteiger partial charge on any atom is 0.335 e. The molecule has 0 amide bonds. The summed E-state index contributed by atoms with van der Waals surface area (Å²) in [4.78, 5) is 12.1. The van der Waals surface area contributed by atoms with Gasteiger partial charge in [0.1, 0.15) is 0 Å². The van der Waals surface area contributed by atoms with Crippen LogP contribution in [0.1, 0.15) is 46.3 Å². The van der Waals surface area contributed by atoms with E-state index in [1.165, 1.54) is 35.3 Å². The van der Waals surface area contributed by atoms with E-state index in [0.717, 1.165) is 29.2 Å². The number of hydrogen-bond acceptors (Lipinski definition) is 2. The fourth-order valence-electron chi connectivity index (χ4n) is 3.00. The van der Waals surface area contributed by atoms with Crippen LogP contribution in [-0.4, -0.2) is 11.1 Å². The molecule has 2 nitrogen and oxygen atoms in total. The lowest BCUT2D eigenvalue weighted by Crippen LogP contribution is -1.97. The van der Waals surface area contributed by atoms with Crippen LogP contribution in [-0.2, 0) is 18.6 Å². The molecule has 0 heterocycles. The van der Waals surface area contributed by atoms with E-state index in [1.54, 1.807) is 23.9 Å². The van der Waals surface area contributed by atoms with E-state index in [-0.39, 0.29) is 0 Å². The fourth-order valence-corrected chi connectivity index (χ4v) is 4.45. The molecule has 1 aliphatic carbocycles. The highest BCUT2D eigenvalue weighted by atomic mass is 35.5. The molecule has 23 heavy (non-hydrogen) atoms. The Balaban J connectivity index is 1.78. The van der Waals surface area contributed by atoms with Gasteiger partial charge in [-0.2, -0.15) is 0 Å². The second kappa shape index (κ2) is 7.41. The van der Waals surface area contributed by atoms with Gasteiger partial charge in [-0.05, 0) is 60.6 Å². The predicted molar refractivity (Wildman–Crippen MR) is 95.7 cm³/mol. The van der Waals surface area contributed by atoms with Crippen molar-refractivity contribution in [2.24, 2.45) is 0 Å². The summed E-state index contributed by atoms with van der Waals surface area (Å²) in [6.07, 6.45) is 6.03. The van der Waals surface area contributed by atoms with Crippen molar-refractivity contribution < 1.29 is 9.90 Å². The summed E-state index contributed by atoms with van der Waals surface area (Å²) in [6, 6.07) is 11.3. The Hall–Kier alpha value is -1.45. The first-order valence-corrected chi connectivity index (χ1v) is 9.27. The zero-order valence-corrected chi connectivity index (χ0v) is 14.4. The normalized spacial score (nSPS) is 14.1. The number of aryl methyl sites for hydroxylation is 1. The molecule has 2 aromatic rings. The van der Waals surface area contributed by atoms with E-state index in [4.69, 9.17) is 16.7 Å². The number of carboxylic acids is 1. The fraction of sp³-hybridized carbons (Fsp3) is 0.316. The summed E-state index contributed by atoms with van der Waals surface area (Å²) in [7, 11) is 0. The molecule has 0 aromatic heterocycles. The number of fused-ring (bicyclic) bond motifs is 1. The van der Waals surface area contributed by atoms with Crippen LogP contribution in [0.3, 0.4) is 0 Å². The summed E-state index contributed by atoms with van der Waals surface area (Å²) < 4.78 is 0. The highest BCUT2D eigenvalue weighted by Crippen LogP contribution is 2.37. The second-order valence-electron chi connectivity index (χ2n) is 5.87. The van der Waals surface area contributed by atoms with Gasteiger partial charge in [0.15, 0.2) is 0 Å². The number of hydrogen-bond donors (Lipinski definition) is 1. The van der Waals surface area contributed by atoms with Crippen LogP contribution in [0, 0.1) is 0 Å². The first-order valence-electron chi connectivity index (χ1n) is 7.90. The Labute approximate surface area is 145 Å². The zero-order valence-electron chi connectivity index (χ0n) is 12.8. The maximum atomic E-state index is 10.9. The van der Waals surface area contributed by atoms with Crippen molar-refractivity contribution in [3.05, 3.63) is 63.7 Å². The van der Waals surface area contributed by atoms with Gasteiger partial charge in [-0.15, -0.1) is 11.8 Å². The minimum absolute atomic E-state index is 0.324. The van der Waals surface area contributed by atoms with Crippen LogP contribution in [0.5, 0.6) is 0 Å². The number of benzene rings is 2. The van der Waals surface area contributed by atoms with E-state index in [1.807, 2.05) is 18.2 Å². The quantitative estimate of drug-likeness (QED) is 0.578. The Kier molecular flexibility index (Phi) is 5.29. The molecule has 0 unspecified atom stereocenters. The molecule has 1 aliphatic rings. The minimum Gasteiger partial charge on any atom is -0.478 e. The molecule has 0 spiro atoms. The molecule has 0 aliphatic heterocycles. The molecule has 4 heteroatoms. The summed E-state index contributed by atoms with van der Waals surface area (Å²) in [5.74, 6) is -0.0866. The third kappa shape index (κ3) is 3.91. The van der Waals surface area contributed by atoms with Gasteiger partial charge in [0.05, 0.1) is 10.6 Å². The van der Waals surface area contributed by atoms with Crippen LogP contribution in [0.2, 0.25) is 5.02 Å². The van der Waals surface area contributed by atoms with Crippen LogP contribution < -0.4 is 0 Å². The van der Waals surface area contributed by atoms with E-state index in [2.05, 4.69) is 6.07 Å². The molecule has 0 radical (unpaired) electrons. The summed E-state index contributed by atoms with van der Waals surface area (Å²) in [5, 5.41) is 9.79. The highest BCUT2D eigenvalue weighted by Gasteiger charge is 2.15. The Morgan fingerprint density at radius 3 is 2.52 bits per heavy atom. The van der Waals surface area contributed by atoms with Gasteiger partial charge in [-0.3, -0.25) is 0 Å². The smallest absolute Gasteiger partial charge is 0.335 e. The SMILES string of the molecule is O=C(O)c1ccc(CSc2c(Cl)ccc3c2CCCCC3)cc1. The summed E-state index contributed by atoms with van der Waals surface area (Å²) >= 11 is 8.21. The van der Waals surface area contributed by atoms with Crippen LogP contribution >= 0.6 is 23.4 Å². The van der Waals surface area contributed by atoms with Gasteiger partial charge in [0.2, 0.25) is 0 Å². The van der Waals surface area contributed by atoms with Crippen LogP contribution in [0.15, 0.2) is 41.3 Å². The van der Waals surface area contributed by atoms with Gasteiger partial charge in [-0.1, -0.05) is 36.2 Å². The Morgan fingerprint density at radius 1 is 1.04 bits per heavy atom. The van der Waals surface area contributed by atoms with Gasteiger partial charge in [0.25, 0.3) is 0 Å². The molecule has 0 saturated heterocycles. The molecule has 0 atom stereocenters. The van der Waals surface area contributed by atoms with E-state index >= 15 is 0 Å². The number of aromatic carboxylic acids is 1. The van der Waals surface area contributed by atoms with Crippen LogP contribution in [0.4, 0.5) is 0 Å². The largest absolute Gasteiger partial charge is 0.478 e. The molecular weight excluding hydrogens is 328 g/mol. The van der Waals surface area contributed by atoms with Crippen molar-refractivity contribution in [3.63, 3.8) is 0 Å². The first kappa shape index (κ1) is 16.4. The van der Waals surface area contributed by atoms with Gasteiger partial charge in [0, 0.05) is 10.6 Å². The Morgan fingerprint density at radius 2 is 1.78 bits per heavy atom. The van der Waals surface area contributed by atoms with Crippen molar-refractivity contribution in [1.82, 2.24) is 0 Å². The van der Waals surface area contributed by atoms with Gasteiger partial charge >= 0.3 is 5.97 Å². The number of thioether (sulfide) groups is 1. The third-order valence-corrected chi connectivity index (χ3v) is 5.93. The standard InChI is InChI=1S/C19H19ClO2S/c20-17-11-10-14-4-2-1-3-5-16(14)18(17)23-12-13-6-8-15(9-7-13)19(21)22/h6-11H,1-5,12H2,(H,21,22). The molecule has 1 N–H and O–H groups in total. The number of halogens is 1. The van der Waals surface area contributed by atoms with Crippen LogP contribution in [0.25, 0.3) is 0 Å². The van der Waals surface area contributed by atoms with Crippen molar-refractivity contribution in [2.75, 3.05) is 0 Å². The highest BCUT2D eigenvalue weighted by molar-refractivity contribution is 7.98.